The molecule has 2 aromatic heterocycles. The minimum atomic E-state index is -3.70. The molecule has 3 rings (SSSR count). The fraction of sp³-hybridized carbons (Fsp3) is 0.720. The van der Waals surface area contributed by atoms with E-state index in [1.165, 1.54) is 6.33 Å². The zero-order valence-electron chi connectivity index (χ0n) is 23.7. The maximum Gasteiger partial charge on any atom is 0.326 e. The molecule has 218 valence electrons. The van der Waals surface area contributed by atoms with E-state index < -0.39 is 37.1 Å². The maximum atomic E-state index is 14.2. The Kier molecular flexibility index (Phi) is 10.4. The van der Waals surface area contributed by atoms with Crippen LogP contribution in [0.3, 0.4) is 0 Å². The number of esters is 2. The van der Waals surface area contributed by atoms with Crippen LogP contribution >= 0.6 is 7.44 Å². The Morgan fingerprint density at radius 2 is 1.85 bits per heavy atom. The van der Waals surface area contributed by atoms with Crippen molar-refractivity contribution in [3.8, 4) is 0 Å². The Balaban J connectivity index is 1.71. The number of rotatable bonds is 13. The number of ether oxygens (including phenoxy) is 3. The zero-order valence-corrected chi connectivity index (χ0v) is 24.6. The quantitative estimate of drug-likeness (QED) is 0.239. The lowest BCUT2D eigenvalue weighted by molar-refractivity contribution is -0.153. The van der Waals surface area contributed by atoms with Gasteiger partial charge in [-0.1, -0.05) is 6.42 Å². The lowest BCUT2D eigenvalue weighted by Crippen LogP contribution is -2.51. The molecule has 0 spiro atoms. The summed E-state index contributed by atoms with van der Waals surface area (Å²) in [6, 6.07) is -0.904. The van der Waals surface area contributed by atoms with Gasteiger partial charge in [-0.3, -0.25) is 14.2 Å². The van der Waals surface area contributed by atoms with E-state index in [1.54, 1.807) is 52.4 Å². The van der Waals surface area contributed by atoms with Crippen LogP contribution in [0.4, 0.5) is 5.82 Å². The van der Waals surface area contributed by atoms with Crippen LogP contribution in [0.25, 0.3) is 11.2 Å². The molecule has 1 fully saturated rings. The van der Waals surface area contributed by atoms with Crippen LogP contribution in [-0.4, -0.2) is 67.7 Å². The van der Waals surface area contributed by atoms with Gasteiger partial charge >= 0.3 is 11.9 Å². The van der Waals surface area contributed by atoms with Crippen LogP contribution in [0.2, 0.25) is 0 Å². The number of nitrogens with two attached hydrogens (primary N) is 1. The van der Waals surface area contributed by atoms with Gasteiger partial charge in [-0.05, 0) is 67.2 Å². The SMILES string of the molecule is CC(C)OC(=O)C(C)(C)NP(=O)(CO[C@H](C)Cn1cnc2c(N)ncnc21)N[C@H](C)C(=O)OC1CCCCC1. The predicted molar refractivity (Wildman–Crippen MR) is 147 cm³/mol. The fourth-order valence-electron chi connectivity index (χ4n) is 4.37. The van der Waals surface area contributed by atoms with Gasteiger partial charge in [0.1, 0.15) is 35.9 Å². The third-order valence-corrected chi connectivity index (χ3v) is 8.57. The van der Waals surface area contributed by atoms with Crippen LogP contribution in [0.1, 0.15) is 73.6 Å². The standard InChI is InChI=1S/C25H42N7O6P/c1-16(2)37-24(34)25(5,6)31-39(35,30-18(4)23(33)38-19-10-8-7-9-11-19)15-36-17(3)12-32-14-29-20-21(26)27-13-28-22(20)32/h13-14,16-19H,7-12,15H2,1-6H3,(H2,26,27,28)(H2,30,31,35)/t17-,18-,39?/m1/s1. The summed E-state index contributed by atoms with van der Waals surface area (Å²) in [6.07, 6.45) is 6.51. The second-order valence-corrected chi connectivity index (χ2v) is 13.1. The highest BCUT2D eigenvalue weighted by Crippen LogP contribution is 2.40. The molecule has 3 atom stereocenters. The van der Waals surface area contributed by atoms with Crippen molar-refractivity contribution < 1.29 is 28.4 Å². The van der Waals surface area contributed by atoms with E-state index in [1.807, 2.05) is 0 Å². The maximum absolute atomic E-state index is 14.2. The Hall–Kier alpha value is -2.60. The number of carbonyl (C=O) groups is 2. The highest BCUT2D eigenvalue weighted by molar-refractivity contribution is 7.59. The van der Waals surface area contributed by atoms with Crippen LogP contribution < -0.4 is 15.9 Å². The third-order valence-electron chi connectivity index (χ3n) is 6.33. The average Bonchev–Trinajstić information content (AvgIpc) is 3.26. The van der Waals surface area contributed by atoms with E-state index in [0.29, 0.717) is 17.7 Å². The normalized spacial score (nSPS) is 18.0. The van der Waals surface area contributed by atoms with Gasteiger partial charge in [0.25, 0.3) is 0 Å². The number of anilines is 1. The molecule has 39 heavy (non-hydrogen) atoms. The van der Waals surface area contributed by atoms with Crippen molar-refractivity contribution in [2.24, 2.45) is 0 Å². The predicted octanol–water partition coefficient (Wildman–Crippen LogP) is 3.14. The van der Waals surface area contributed by atoms with Gasteiger partial charge in [-0.25, -0.2) is 25.1 Å². The molecule has 0 aliphatic heterocycles. The molecule has 0 bridgehead atoms. The van der Waals surface area contributed by atoms with Crippen molar-refractivity contribution >= 4 is 36.4 Å². The average molecular weight is 568 g/mol. The van der Waals surface area contributed by atoms with E-state index in [0.717, 1.165) is 32.1 Å². The molecule has 2 aromatic rings. The molecular weight excluding hydrogens is 525 g/mol. The van der Waals surface area contributed by atoms with Gasteiger partial charge in [0.2, 0.25) is 7.44 Å². The number of imidazole rings is 1. The fourth-order valence-corrected chi connectivity index (χ4v) is 6.76. The molecule has 2 heterocycles. The second-order valence-electron chi connectivity index (χ2n) is 10.9. The number of nitrogens with one attached hydrogen (secondary N) is 2. The summed E-state index contributed by atoms with van der Waals surface area (Å²) in [5.41, 5.74) is 5.57. The van der Waals surface area contributed by atoms with Gasteiger partial charge in [0, 0.05) is 0 Å². The van der Waals surface area contributed by atoms with Crippen LogP contribution in [0, 0.1) is 0 Å². The molecule has 1 aliphatic carbocycles. The summed E-state index contributed by atoms with van der Waals surface area (Å²) >= 11 is 0. The number of fused-ring (bicyclic) bond motifs is 1. The lowest BCUT2D eigenvalue weighted by Gasteiger charge is -2.33. The Morgan fingerprint density at radius 3 is 2.51 bits per heavy atom. The van der Waals surface area contributed by atoms with Crippen molar-refractivity contribution in [3.63, 3.8) is 0 Å². The first kappa shape index (κ1) is 30.9. The number of nitrogen functional groups attached to an aromatic ring is 1. The number of carbonyl (C=O) groups excluding carboxylic acids is 2. The van der Waals surface area contributed by atoms with E-state index in [2.05, 4.69) is 25.1 Å². The molecule has 1 unspecified atom stereocenters. The number of hydrogen-bond acceptors (Lipinski definition) is 10. The highest BCUT2D eigenvalue weighted by atomic mass is 31.2. The van der Waals surface area contributed by atoms with Crippen molar-refractivity contribution in [1.82, 2.24) is 29.7 Å². The molecule has 1 aliphatic rings. The number of hydrogen-bond donors (Lipinski definition) is 3. The van der Waals surface area contributed by atoms with E-state index >= 15 is 0 Å². The molecule has 1 saturated carbocycles. The van der Waals surface area contributed by atoms with Crippen LogP contribution in [-0.2, 0) is 34.9 Å². The largest absolute Gasteiger partial charge is 0.462 e. The van der Waals surface area contributed by atoms with E-state index in [4.69, 9.17) is 19.9 Å². The topological polar surface area (TPSA) is 173 Å². The van der Waals surface area contributed by atoms with Crippen molar-refractivity contribution in [3.05, 3.63) is 12.7 Å². The summed E-state index contributed by atoms with van der Waals surface area (Å²) in [5.74, 6) is -0.802. The second kappa shape index (κ2) is 13.2. The Morgan fingerprint density at radius 1 is 1.15 bits per heavy atom. The van der Waals surface area contributed by atoms with Crippen molar-refractivity contribution in [2.45, 2.75) is 110 Å². The molecule has 0 saturated heterocycles. The van der Waals surface area contributed by atoms with Gasteiger partial charge in [0.05, 0.1) is 25.1 Å². The molecule has 0 aromatic carbocycles. The molecule has 13 nitrogen and oxygen atoms in total. The monoisotopic (exact) mass is 567 g/mol. The smallest absolute Gasteiger partial charge is 0.326 e. The van der Waals surface area contributed by atoms with E-state index in [9.17, 15) is 14.2 Å². The van der Waals surface area contributed by atoms with Gasteiger partial charge in [0.15, 0.2) is 11.5 Å². The van der Waals surface area contributed by atoms with Crippen LogP contribution in [0.5, 0.6) is 0 Å². The Labute approximate surface area is 229 Å². The minimum Gasteiger partial charge on any atom is -0.462 e. The molecule has 14 heteroatoms. The number of aromatic nitrogens is 4. The summed E-state index contributed by atoms with van der Waals surface area (Å²) in [6.45, 7) is 10.3. The van der Waals surface area contributed by atoms with Crippen molar-refractivity contribution in [2.75, 3.05) is 12.1 Å². The lowest BCUT2D eigenvalue weighted by atomic mass is 9.98. The first-order valence-electron chi connectivity index (χ1n) is 13.4. The molecule has 4 N–H and O–H groups in total. The van der Waals surface area contributed by atoms with Crippen LogP contribution in [0.15, 0.2) is 12.7 Å². The van der Waals surface area contributed by atoms with Gasteiger partial charge < -0.3 is 24.5 Å². The van der Waals surface area contributed by atoms with Gasteiger partial charge in [-0.2, -0.15) is 0 Å². The zero-order chi connectivity index (χ0) is 28.8. The summed E-state index contributed by atoms with van der Waals surface area (Å²) in [7, 11) is -3.70. The summed E-state index contributed by atoms with van der Waals surface area (Å²) < 4.78 is 32.9. The molecular formula is C25H42N7O6P. The third kappa shape index (κ3) is 8.69. The minimum absolute atomic E-state index is 0.139. The number of nitrogens with zero attached hydrogens (tertiary/aromatic N) is 4. The molecule has 0 radical (unpaired) electrons. The molecule has 0 amide bonds. The first-order chi connectivity index (χ1) is 18.3. The van der Waals surface area contributed by atoms with E-state index in [-0.39, 0.29) is 24.4 Å². The Bertz CT molecular complexity index is 1180. The first-order valence-corrected chi connectivity index (χ1v) is 15.3. The van der Waals surface area contributed by atoms with Crippen molar-refractivity contribution in [1.29, 1.82) is 0 Å². The summed E-state index contributed by atoms with van der Waals surface area (Å²) in [4.78, 5) is 38.0. The highest BCUT2D eigenvalue weighted by Gasteiger charge is 2.40. The van der Waals surface area contributed by atoms with Gasteiger partial charge in [-0.15, -0.1) is 0 Å². The summed E-state index contributed by atoms with van der Waals surface area (Å²) in [5, 5.41) is 5.78.